The van der Waals surface area contributed by atoms with Crippen LogP contribution in [-0.2, 0) is 6.18 Å². The Morgan fingerprint density at radius 1 is 1.15 bits per heavy atom. The number of nitrogens with one attached hydrogen (secondary N) is 2. The van der Waals surface area contributed by atoms with Gasteiger partial charge in [0, 0.05) is 5.69 Å². The third-order valence-corrected chi connectivity index (χ3v) is 2.26. The Bertz CT molecular complexity index is 495. The molecule has 0 spiro atoms. The summed E-state index contributed by atoms with van der Waals surface area (Å²) in [5.74, 6) is 0. The van der Waals surface area contributed by atoms with Gasteiger partial charge < -0.3 is 10.6 Å². The molecule has 2 amide bonds. The van der Waals surface area contributed by atoms with Gasteiger partial charge in [-0.1, -0.05) is 6.07 Å². The van der Waals surface area contributed by atoms with E-state index in [1.54, 1.807) is 0 Å². The van der Waals surface area contributed by atoms with Crippen molar-refractivity contribution in [1.29, 1.82) is 0 Å². The van der Waals surface area contributed by atoms with Crippen LogP contribution in [0.15, 0.2) is 18.2 Å². The fourth-order valence-electron chi connectivity index (χ4n) is 1.28. The highest BCUT2D eigenvalue weighted by molar-refractivity contribution is 5.90. The van der Waals surface area contributed by atoms with Crippen molar-refractivity contribution < 1.29 is 31.1 Å². The summed E-state index contributed by atoms with van der Waals surface area (Å²) in [6.07, 6.45) is -9.20. The molecule has 0 bridgehead atoms. The number of benzene rings is 1. The maximum Gasteiger partial charge on any atom is 0.416 e. The number of urea groups is 1. The van der Waals surface area contributed by atoms with Crippen LogP contribution in [0.4, 0.5) is 36.8 Å². The van der Waals surface area contributed by atoms with Crippen LogP contribution in [0.2, 0.25) is 0 Å². The summed E-state index contributed by atoms with van der Waals surface area (Å²) >= 11 is 0. The van der Waals surface area contributed by atoms with Gasteiger partial charge in [-0.15, -0.1) is 0 Å². The second-order valence-corrected chi connectivity index (χ2v) is 3.95. The molecule has 0 aromatic heterocycles. The Labute approximate surface area is 110 Å². The zero-order chi connectivity index (χ0) is 15.6. The van der Waals surface area contributed by atoms with E-state index >= 15 is 0 Å². The average Bonchev–Trinajstić information content (AvgIpc) is 2.27. The van der Waals surface area contributed by atoms with Crippen LogP contribution in [0, 0.1) is 6.92 Å². The van der Waals surface area contributed by atoms with Crippen molar-refractivity contribution >= 4 is 11.7 Å². The molecule has 0 unspecified atom stereocenters. The monoisotopic (exact) mass is 300 g/mol. The Balaban J connectivity index is 2.79. The highest BCUT2D eigenvalue weighted by atomic mass is 19.4. The van der Waals surface area contributed by atoms with E-state index in [1.165, 1.54) is 12.2 Å². The molecule has 1 aromatic rings. The first-order chi connectivity index (χ1) is 8.99. The molecule has 2 N–H and O–H groups in total. The zero-order valence-corrected chi connectivity index (χ0v) is 10.1. The van der Waals surface area contributed by atoms with Crippen LogP contribution in [0.3, 0.4) is 0 Å². The summed E-state index contributed by atoms with van der Waals surface area (Å²) in [6, 6.07) is 1.35. The fraction of sp³-hybridized carbons (Fsp3) is 0.364. The lowest BCUT2D eigenvalue weighted by Gasteiger charge is -2.13. The normalized spacial score (nSPS) is 12.2. The quantitative estimate of drug-likeness (QED) is 0.803. The molecule has 0 heterocycles. The Morgan fingerprint density at radius 2 is 1.75 bits per heavy atom. The van der Waals surface area contributed by atoms with E-state index < -0.39 is 30.5 Å². The first-order valence-corrected chi connectivity index (χ1v) is 5.28. The number of amides is 2. The molecular weight excluding hydrogens is 290 g/mol. The molecule has 9 heteroatoms. The van der Waals surface area contributed by atoms with Gasteiger partial charge in [0.05, 0.1) is 5.56 Å². The van der Waals surface area contributed by atoms with Gasteiger partial charge in [0.2, 0.25) is 0 Å². The van der Waals surface area contributed by atoms with Crippen molar-refractivity contribution in [3.63, 3.8) is 0 Å². The topological polar surface area (TPSA) is 41.1 Å². The minimum Gasteiger partial charge on any atom is -0.329 e. The van der Waals surface area contributed by atoms with Gasteiger partial charge in [0.25, 0.3) is 0 Å². The predicted octanol–water partition coefficient (Wildman–Crippen LogP) is 3.70. The molecule has 0 saturated carbocycles. The number of hydrogen-bond acceptors (Lipinski definition) is 1. The molecule has 0 aliphatic carbocycles. The SMILES string of the molecule is Cc1ccc(C(F)(F)F)cc1NC(=O)NCC(F)(F)F. The molecule has 20 heavy (non-hydrogen) atoms. The standard InChI is InChI=1S/C11H10F6N2O/c1-6-2-3-7(11(15,16)17)4-8(6)19-9(20)18-5-10(12,13)14/h2-4H,5H2,1H3,(H2,18,19,20). The lowest BCUT2D eigenvalue weighted by Crippen LogP contribution is -2.36. The first-order valence-electron chi connectivity index (χ1n) is 5.28. The summed E-state index contributed by atoms with van der Waals surface area (Å²) < 4.78 is 73.0. The molecule has 0 radical (unpaired) electrons. The van der Waals surface area contributed by atoms with E-state index in [2.05, 4.69) is 0 Å². The van der Waals surface area contributed by atoms with E-state index in [9.17, 15) is 31.1 Å². The molecule has 0 aliphatic rings. The number of alkyl halides is 6. The maximum atomic E-state index is 12.5. The van der Waals surface area contributed by atoms with Crippen LogP contribution < -0.4 is 10.6 Å². The summed E-state index contributed by atoms with van der Waals surface area (Å²) in [5.41, 5.74) is -0.922. The summed E-state index contributed by atoms with van der Waals surface area (Å²) in [6.45, 7) is -0.156. The molecule has 1 aromatic carbocycles. The van der Waals surface area contributed by atoms with Crippen LogP contribution in [0.5, 0.6) is 0 Å². The van der Waals surface area contributed by atoms with E-state index in [1.807, 2.05) is 5.32 Å². The smallest absolute Gasteiger partial charge is 0.329 e. The van der Waals surface area contributed by atoms with E-state index in [0.29, 0.717) is 11.6 Å². The lowest BCUT2D eigenvalue weighted by molar-refractivity contribution is -0.137. The van der Waals surface area contributed by atoms with Crippen molar-refractivity contribution in [2.75, 3.05) is 11.9 Å². The molecule has 1 rings (SSSR count). The number of carbonyl (C=O) groups excluding carboxylic acids is 1. The summed E-state index contributed by atoms with van der Waals surface area (Å²) in [7, 11) is 0. The Hall–Kier alpha value is -1.93. The van der Waals surface area contributed by atoms with Gasteiger partial charge in [0.1, 0.15) is 6.54 Å². The molecular formula is C11H10F6N2O. The van der Waals surface area contributed by atoms with Crippen LogP contribution >= 0.6 is 0 Å². The molecule has 3 nitrogen and oxygen atoms in total. The second-order valence-electron chi connectivity index (χ2n) is 3.95. The lowest BCUT2D eigenvalue weighted by atomic mass is 10.1. The van der Waals surface area contributed by atoms with Crippen molar-refractivity contribution in [3.8, 4) is 0 Å². The van der Waals surface area contributed by atoms with Crippen molar-refractivity contribution in [2.45, 2.75) is 19.3 Å². The number of aryl methyl sites for hydroxylation is 1. The Morgan fingerprint density at radius 3 is 2.25 bits per heavy atom. The Kier molecular flexibility index (Phi) is 4.51. The van der Waals surface area contributed by atoms with Crippen LogP contribution in [0.25, 0.3) is 0 Å². The molecule has 0 saturated heterocycles. The summed E-state index contributed by atoms with van der Waals surface area (Å²) in [5, 5.41) is 3.45. The van der Waals surface area contributed by atoms with E-state index in [0.717, 1.165) is 12.1 Å². The predicted molar refractivity (Wildman–Crippen MR) is 59.3 cm³/mol. The minimum absolute atomic E-state index is 0.209. The molecule has 0 aliphatic heterocycles. The number of halogens is 6. The maximum absolute atomic E-state index is 12.5. The number of rotatable bonds is 2. The highest BCUT2D eigenvalue weighted by Gasteiger charge is 2.31. The number of anilines is 1. The van der Waals surface area contributed by atoms with Gasteiger partial charge >= 0.3 is 18.4 Å². The fourth-order valence-corrected chi connectivity index (χ4v) is 1.28. The van der Waals surface area contributed by atoms with E-state index in [4.69, 9.17) is 0 Å². The van der Waals surface area contributed by atoms with Crippen molar-refractivity contribution in [2.24, 2.45) is 0 Å². The van der Waals surface area contributed by atoms with E-state index in [-0.39, 0.29) is 5.69 Å². The molecule has 112 valence electrons. The summed E-state index contributed by atoms with van der Waals surface area (Å²) in [4.78, 5) is 11.2. The van der Waals surface area contributed by atoms with Crippen molar-refractivity contribution in [1.82, 2.24) is 5.32 Å². The highest BCUT2D eigenvalue weighted by Crippen LogP contribution is 2.32. The first kappa shape index (κ1) is 16.1. The molecule has 0 fully saturated rings. The van der Waals surface area contributed by atoms with Gasteiger partial charge in [-0.2, -0.15) is 26.3 Å². The average molecular weight is 300 g/mol. The van der Waals surface area contributed by atoms with Crippen LogP contribution in [-0.4, -0.2) is 18.8 Å². The second kappa shape index (κ2) is 5.59. The molecule has 0 atom stereocenters. The third kappa shape index (κ3) is 4.98. The van der Waals surface area contributed by atoms with Gasteiger partial charge in [-0.05, 0) is 24.6 Å². The largest absolute Gasteiger partial charge is 0.416 e. The third-order valence-electron chi connectivity index (χ3n) is 2.26. The van der Waals surface area contributed by atoms with Gasteiger partial charge in [-0.25, -0.2) is 4.79 Å². The van der Waals surface area contributed by atoms with Crippen molar-refractivity contribution in [3.05, 3.63) is 29.3 Å². The van der Waals surface area contributed by atoms with Crippen LogP contribution in [0.1, 0.15) is 11.1 Å². The number of carbonyl (C=O) groups is 1. The van der Waals surface area contributed by atoms with Gasteiger partial charge in [0.15, 0.2) is 0 Å². The van der Waals surface area contributed by atoms with Gasteiger partial charge in [-0.3, -0.25) is 0 Å². The minimum atomic E-state index is -4.60. The zero-order valence-electron chi connectivity index (χ0n) is 10.1. The number of hydrogen-bond donors (Lipinski definition) is 2.